The number of rotatable bonds is 18. The van der Waals surface area contributed by atoms with E-state index in [1.165, 1.54) is 75.2 Å². The van der Waals surface area contributed by atoms with Crippen molar-refractivity contribution < 1.29 is 19.6 Å². The van der Waals surface area contributed by atoms with E-state index in [1.54, 1.807) is 48.5 Å². The van der Waals surface area contributed by atoms with Crippen LogP contribution in [-0.4, -0.2) is 33.2 Å². The van der Waals surface area contributed by atoms with Crippen molar-refractivity contribution in [3.8, 4) is 0 Å². The molecule has 1 aliphatic heterocycles. The second kappa shape index (κ2) is 16.6. The molecule has 0 spiro atoms. The van der Waals surface area contributed by atoms with E-state index >= 15 is 0 Å². The van der Waals surface area contributed by atoms with Crippen molar-refractivity contribution in [3.63, 3.8) is 0 Å². The van der Waals surface area contributed by atoms with Gasteiger partial charge in [0.1, 0.15) is 5.76 Å². The zero-order valence-corrected chi connectivity index (χ0v) is 23.9. The standard InChI is InChI=1S/C33H44N2O5/c1-2-3-4-5-6-7-8-9-10-11-12-13-14-20-25-34-30(27-23-18-19-24-28(27)35(39)40)29(32(37)33(34)38)31(36)26-21-16-15-17-22-26/h15-19,21-24,30,36H,2-14,20,25H2,1H3/b31-29+. The molecule has 1 heterocycles. The molecule has 7 heteroatoms. The number of nitro groups is 1. The number of carbonyl (C=O) groups is 2. The highest BCUT2D eigenvalue weighted by molar-refractivity contribution is 6.46. The van der Waals surface area contributed by atoms with Crippen LogP contribution in [0.1, 0.15) is 114 Å². The molecular weight excluding hydrogens is 504 g/mol. The average molecular weight is 549 g/mol. The molecule has 0 aliphatic carbocycles. The summed E-state index contributed by atoms with van der Waals surface area (Å²) in [5, 5.41) is 22.9. The number of aliphatic hydroxyl groups is 1. The molecule has 2 aromatic rings. The quantitative estimate of drug-likeness (QED) is 0.0502. The lowest BCUT2D eigenvalue weighted by atomic mass is 9.94. The number of unbranched alkanes of at least 4 members (excludes halogenated alkanes) is 13. The monoisotopic (exact) mass is 548 g/mol. The summed E-state index contributed by atoms with van der Waals surface area (Å²) in [6, 6.07) is 13.6. The summed E-state index contributed by atoms with van der Waals surface area (Å²) in [6.07, 6.45) is 16.9. The molecule has 1 N–H and O–H groups in total. The molecule has 40 heavy (non-hydrogen) atoms. The van der Waals surface area contributed by atoms with Gasteiger partial charge in [-0.1, -0.05) is 133 Å². The number of nitrogens with zero attached hydrogens (tertiary/aromatic N) is 2. The SMILES string of the molecule is CCCCCCCCCCCCCCCCN1C(=O)C(=O)/C(=C(/O)c2ccccc2)C1c1ccccc1[N+](=O)[O-]. The Morgan fingerprint density at radius 3 is 1.82 bits per heavy atom. The lowest BCUT2D eigenvalue weighted by molar-refractivity contribution is -0.385. The molecule has 7 nitrogen and oxygen atoms in total. The predicted molar refractivity (Wildman–Crippen MR) is 159 cm³/mol. The number of hydrogen-bond donors (Lipinski definition) is 1. The molecule has 2 aromatic carbocycles. The fourth-order valence-electron chi connectivity index (χ4n) is 5.55. The molecule has 1 amide bonds. The van der Waals surface area contributed by atoms with E-state index in [0.717, 1.165) is 19.3 Å². The highest BCUT2D eigenvalue weighted by Crippen LogP contribution is 2.42. The third-order valence-electron chi connectivity index (χ3n) is 7.77. The fraction of sp³-hybridized carbons (Fsp3) is 0.515. The van der Waals surface area contributed by atoms with E-state index in [2.05, 4.69) is 6.92 Å². The summed E-state index contributed by atoms with van der Waals surface area (Å²) in [5.41, 5.74) is 0.338. The third-order valence-corrected chi connectivity index (χ3v) is 7.77. The van der Waals surface area contributed by atoms with Crippen LogP contribution in [0.4, 0.5) is 5.69 Å². The Bertz CT molecular complexity index is 1140. The van der Waals surface area contributed by atoms with Crippen LogP contribution >= 0.6 is 0 Å². The second-order valence-corrected chi connectivity index (χ2v) is 10.8. The topological polar surface area (TPSA) is 101 Å². The smallest absolute Gasteiger partial charge is 0.295 e. The number of amides is 1. The molecule has 1 atom stereocenters. The highest BCUT2D eigenvalue weighted by atomic mass is 16.6. The van der Waals surface area contributed by atoms with Crippen LogP contribution in [0, 0.1) is 10.1 Å². The molecule has 3 rings (SSSR count). The maximum atomic E-state index is 13.2. The molecule has 0 radical (unpaired) electrons. The number of aliphatic hydroxyl groups excluding tert-OH is 1. The van der Waals surface area contributed by atoms with Crippen molar-refractivity contribution in [1.82, 2.24) is 4.90 Å². The summed E-state index contributed by atoms with van der Waals surface area (Å²) in [6.45, 7) is 2.54. The van der Waals surface area contributed by atoms with E-state index in [4.69, 9.17) is 0 Å². The van der Waals surface area contributed by atoms with Gasteiger partial charge in [0.05, 0.1) is 22.1 Å². The van der Waals surface area contributed by atoms with Gasteiger partial charge in [-0.2, -0.15) is 0 Å². The molecular formula is C33H44N2O5. The van der Waals surface area contributed by atoms with Gasteiger partial charge in [-0.25, -0.2) is 0 Å². The Balaban J connectivity index is 1.58. The van der Waals surface area contributed by atoms with Crippen molar-refractivity contribution in [3.05, 3.63) is 81.4 Å². The van der Waals surface area contributed by atoms with Crippen LogP contribution in [0.15, 0.2) is 60.2 Å². The number of nitro benzene ring substituents is 1. The molecule has 1 saturated heterocycles. The summed E-state index contributed by atoms with van der Waals surface area (Å²) in [4.78, 5) is 39.0. The summed E-state index contributed by atoms with van der Waals surface area (Å²) >= 11 is 0. The molecule has 1 unspecified atom stereocenters. The van der Waals surface area contributed by atoms with Gasteiger partial charge in [-0.15, -0.1) is 0 Å². The predicted octanol–water partition coefficient (Wildman–Crippen LogP) is 8.50. The van der Waals surface area contributed by atoms with Crippen molar-refractivity contribution in [1.29, 1.82) is 0 Å². The van der Waals surface area contributed by atoms with Gasteiger partial charge in [0.15, 0.2) is 0 Å². The molecule has 0 aromatic heterocycles. The van der Waals surface area contributed by atoms with E-state index in [1.807, 2.05) is 0 Å². The Morgan fingerprint density at radius 2 is 1.27 bits per heavy atom. The van der Waals surface area contributed by atoms with Gasteiger partial charge >= 0.3 is 0 Å². The average Bonchev–Trinajstić information content (AvgIpc) is 3.22. The van der Waals surface area contributed by atoms with Gasteiger partial charge in [0.25, 0.3) is 17.4 Å². The Morgan fingerprint density at radius 1 is 0.775 bits per heavy atom. The fourth-order valence-corrected chi connectivity index (χ4v) is 5.55. The molecule has 1 aliphatic rings. The maximum absolute atomic E-state index is 13.2. The number of hydrogen-bond acceptors (Lipinski definition) is 5. The number of ketones is 1. The Kier molecular flexibility index (Phi) is 12.9. The summed E-state index contributed by atoms with van der Waals surface area (Å²) < 4.78 is 0. The van der Waals surface area contributed by atoms with Crippen molar-refractivity contribution in [2.75, 3.05) is 6.54 Å². The zero-order chi connectivity index (χ0) is 28.7. The Hall–Kier alpha value is -3.48. The maximum Gasteiger partial charge on any atom is 0.295 e. The van der Waals surface area contributed by atoms with Crippen molar-refractivity contribution >= 4 is 23.1 Å². The third kappa shape index (κ3) is 8.51. The molecule has 0 saturated carbocycles. The Labute approximate surface area is 238 Å². The number of likely N-dealkylation sites (tertiary alicyclic amines) is 1. The number of para-hydroxylation sites is 1. The second-order valence-electron chi connectivity index (χ2n) is 10.8. The van der Waals surface area contributed by atoms with Gasteiger partial charge in [0, 0.05) is 18.2 Å². The molecule has 0 bridgehead atoms. The normalized spacial score (nSPS) is 16.5. The first kappa shape index (κ1) is 31.1. The lowest BCUT2D eigenvalue weighted by Gasteiger charge is -2.25. The van der Waals surface area contributed by atoms with Crippen LogP contribution in [0.3, 0.4) is 0 Å². The van der Waals surface area contributed by atoms with Gasteiger partial charge in [-0.3, -0.25) is 19.7 Å². The first-order valence-electron chi connectivity index (χ1n) is 15.0. The van der Waals surface area contributed by atoms with Crippen LogP contribution < -0.4 is 0 Å². The number of carbonyl (C=O) groups excluding carboxylic acids is 2. The minimum Gasteiger partial charge on any atom is -0.507 e. The van der Waals surface area contributed by atoms with E-state index in [0.29, 0.717) is 18.5 Å². The lowest BCUT2D eigenvalue weighted by Crippen LogP contribution is -2.31. The van der Waals surface area contributed by atoms with E-state index in [-0.39, 0.29) is 22.6 Å². The minimum atomic E-state index is -1.01. The highest BCUT2D eigenvalue weighted by Gasteiger charge is 2.47. The number of benzene rings is 2. The van der Waals surface area contributed by atoms with Gasteiger partial charge in [0.2, 0.25) is 0 Å². The largest absolute Gasteiger partial charge is 0.507 e. The van der Waals surface area contributed by atoms with Gasteiger partial charge < -0.3 is 10.0 Å². The molecule has 1 fully saturated rings. The summed E-state index contributed by atoms with van der Waals surface area (Å²) in [5.74, 6) is -1.85. The van der Waals surface area contributed by atoms with E-state index < -0.39 is 22.7 Å². The zero-order valence-electron chi connectivity index (χ0n) is 23.9. The first-order valence-corrected chi connectivity index (χ1v) is 15.0. The van der Waals surface area contributed by atoms with Crippen LogP contribution in [0.5, 0.6) is 0 Å². The van der Waals surface area contributed by atoms with Gasteiger partial charge in [-0.05, 0) is 12.5 Å². The van der Waals surface area contributed by atoms with Crippen molar-refractivity contribution in [2.45, 2.75) is 103 Å². The molecule has 216 valence electrons. The van der Waals surface area contributed by atoms with Crippen LogP contribution in [0.25, 0.3) is 5.76 Å². The van der Waals surface area contributed by atoms with Crippen molar-refractivity contribution in [2.24, 2.45) is 0 Å². The van der Waals surface area contributed by atoms with Crippen LogP contribution in [-0.2, 0) is 9.59 Å². The number of Topliss-reactive ketones (excluding diaryl/α,β-unsaturated/α-hetero) is 1. The summed E-state index contributed by atoms with van der Waals surface area (Å²) in [7, 11) is 0. The van der Waals surface area contributed by atoms with Crippen LogP contribution in [0.2, 0.25) is 0 Å². The first-order chi connectivity index (χ1) is 19.5. The minimum absolute atomic E-state index is 0.101. The van der Waals surface area contributed by atoms with E-state index in [9.17, 15) is 24.8 Å².